The van der Waals surface area contributed by atoms with Gasteiger partial charge in [-0.2, -0.15) is 0 Å². The first-order valence-electron chi connectivity index (χ1n) is 15.4. The maximum Gasteiger partial charge on any atom is 0.238 e. The second-order valence-corrected chi connectivity index (χ2v) is 14.5. The Morgan fingerprint density at radius 3 is 2.57 bits per heavy atom. The van der Waals surface area contributed by atoms with E-state index in [9.17, 15) is 30.3 Å². The Morgan fingerprint density at radius 1 is 1.04 bits per heavy atom. The topological polar surface area (TPSA) is 153 Å². The molecule has 0 fully saturated rings. The lowest BCUT2D eigenvalue weighted by molar-refractivity contribution is 0.102. The maximum atomic E-state index is 13.9. The van der Waals surface area contributed by atoms with Crippen molar-refractivity contribution in [2.45, 2.75) is 57.4 Å². The number of phenolic OH excluding ortho intramolecular Hbond substituents is 2. The highest BCUT2D eigenvalue weighted by Crippen LogP contribution is 2.45. The van der Waals surface area contributed by atoms with Gasteiger partial charge in [0.1, 0.15) is 34.3 Å². The number of aliphatic hydroxyl groups is 2. The van der Waals surface area contributed by atoms with Crippen LogP contribution in [0.5, 0.6) is 23.0 Å². The van der Waals surface area contributed by atoms with Crippen LogP contribution in [-0.2, 0) is 18.6 Å². The van der Waals surface area contributed by atoms with Crippen LogP contribution < -0.4 is 15.5 Å². The highest BCUT2D eigenvalue weighted by atomic mass is 33.1. The molecule has 46 heavy (non-hydrogen) atoms. The minimum atomic E-state index is -0.749. The Bertz CT molecular complexity index is 1760. The molecule has 3 aromatic carbocycles. The fraction of sp³-hybridized carbons (Fsp3) is 0.400. The van der Waals surface area contributed by atoms with Crippen LogP contribution in [0.15, 0.2) is 51.7 Å². The van der Waals surface area contributed by atoms with Crippen molar-refractivity contribution in [3.63, 3.8) is 0 Å². The van der Waals surface area contributed by atoms with Gasteiger partial charge in [-0.1, -0.05) is 59.7 Å². The molecule has 1 aliphatic rings. The molecular formula is C35H41NO8S2. The van der Waals surface area contributed by atoms with Crippen molar-refractivity contribution in [3.8, 4) is 34.3 Å². The summed E-state index contributed by atoms with van der Waals surface area (Å²) >= 11 is 0. The molecule has 2 heterocycles. The largest absolute Gasteiger partial charge is 0.508 e. The quantitative estimate of drug-likeness (QED) is 0.110. The predicted molar refractivity (Wildman–Crippen MR) is 184 cm³/mol. The van der Waals surface area contributed by atoms with Gasteiger partial charge in [0.25, 0.3) is 0 Å². The lowest BCUT2D eigenvalue weighted by atomic mass is 9.88. The lowest BCUT2D eigenvalue weighted by Gasteiger charge is -2.21. The average Bonchev–Trinajstić information content (AvgIpc) is 3.05. The fourth-order valence-electron chi connectivity index (χ4n) is 5.89. The van der Waals surface area contributed by atoms with Gasteiger partial charge in [-0.3, -0.25) is 4.79 Å². The second-order valence-electron chi connectivity index (χ2n) is 12.0. The zero-order chi connectivity index (χ0) is 33.0. The smallest absolute Gasteiger partial charge is 0.238 e. The van der Waals surface area contributed by atoms with Crippen LogP contribution in [-0.4, -0.2) is 57.7 Å². The Morgan fingerprint density at radius 2 is 1.85 bits per heavy atom. The summed E-state index contributed by atoms with van der Waals surface area (Å²) in [6.45, 7) is 3.64. The number of benzene rings is 3. The zero-order valence-electron chi connectivity index (χ0n) is 26.2. The number of hydrogen-bond donors (Lipinski definition) is 6. The number of phenols is 2. The van der Waals surface area contributed by atoms with Crippen molar-refractivity contribution in [1.82, 2.24) is 5.32 Å². The summed E-state index contributed by atoms with van der Waals surface area (Å²) in [5, 5.41) is 56.1. The van der Waals surface area contributed by atoms with Gasteiger partial charge in [-0.15, -0.1) is 0 Å². The van der Waals surface area contributed by atoms with Crippen molar-refractivity contribution in [2.24, 2.45) is 5.92 Å². The monoisotopic (exact) mass is 667 g/mol. The first kappa shape index (κ1) is 34.0. The molecule has 0 saturated carbocycles. The highest BCUT2D eigenvalue weighted by Gasteiger charge is 2.27. The van der Waals surface area contributed by atoms with E-state index in [0.717, 1.165) is 22.4 Å². The summed E-state index contributed by atoms with van der Waals surface area (Å²) < 4.78 is 12.2. The van der Waals surface area contributed by atoms with Gasteiger partial charge in [-0.05, 0) is 60.5 Å². The molecule has 0 aliphatic carbocycles. The van der Waals surface area contributed by atoms with E-state index < -0.39 is 17.3 Å². The molecule has 0 unspecified atom stereocenters. The van der Waals surface area contributed by atoms with E-state index in [4.69, 9.17) is 9.15 Å². The van der Waals surface area contributed by atoms with Crippen LogP contribution in [0.2, 0.25) is 0 Å². The van der Waals surface area contributed by atoms with Crippen molar-refractivity contribution in [2.75, 3.05) is 26.0 Å². The van der Waals surface area contributed by atoms with Crippen LogP contribution in [0, 0.1) is 5.92 Å². The number of aromatic hydroxyl groups is 3. The molecule has 0 amide bonds. The predicted octanol–water partition coefficient (Wildman–Crippen LogP) is 6.03. The number of fused-ring (bicyclic) bond motifs is 4. The third-order valence-electron chi connectivity index (χ3n) is 8.18. The zero-order valence-corrected chi connectivity index (χ0v) is 27.8. The molecule has 9 nitrogen and oxygen atoms in total. The van der Waals surface area contributed by atoms with Gasteiger partial charge < -0.3 is 40.0 Å². The van der Waals surface area contributed by atoms with Gasteiger partial charge in [0.2, 0.25) is 11.2 Å². The van der Waals surface area contributed by atoms with Gasteiger partial charge in [0, 0.05) is 53.8 Å². The number of ether oxygens (including phenoxy) is 1. The van der Waals surface area contributed by atoms with Crippen LogP contribution >= 0.6 is 21.6 Å². The second kappa shape index (κ2) is 15.0. The van der Waals surface area contributed by atoms with E-state index in [1.165, 1.54) is 12.1 Å². The molecule has 0 spiro atoms. The summed E-state index contributed by atoms with van der Waals surface area (Å²) in [6, 6.07) is 12.8. The summed E-state index contributed by atoms with van der Waals surface area (Å²) in [6.07, 6.45) is 0.923. The van der Waals surface area contributed by atoms with E-state index in [2.05, 4.69) is 31.3 Å². The van der Waals surface area contributed by atoms with E-state index >= 15 is 0 Å². The van der Waals surface area contributed by atoms with Gasteiger partial charge in [-0.25, -0.2) is 0 Å². The van der Waals surface area contributed by atoms with Gasteiger partial charge >= 0.3 is 0 Å². The molecule has 0 radical (unpaired) electrons. The number of nitrogens with one attached hydrogen (secondary N) is 1. The van der Waals surface area contributed by atoms with Gasteiger partial charge in [0.05, 0.1) is 6.61 Å². The van der Waals surface area contributed by atoms with Crippen LogP contribution in [0.1, 0.15) is 60.5 Å². The highest BCUT2D eigenvalue weighted by molar-refractivity contribution is 8.76. The number of aliphatic hydroxyl groups excluding tert-OH is 2. The summed E-state index contributed by atoms with van der Waals surface area (Å²) in [5.41, 5.74) is 4.06. The Labute approximate surface area is 276 Å². The molecule has 4 aromatic rings. The fourth-order valence-corrected chi connectivity index (χ4v) is 8.31. The molecule has 5 rings (SSSR count). The van der Waals surface area contributed by atoms with E-state index in [1.807, 2.05) is 19.2 Å². The Balaban J connectivity index is 1.72. The third-order valence-corrected chi connectivity index (χ3v) is 10.5. The summed E-state index contributed by atoms with van der Waals surface area (Å²) in [5.74, 6) is 0.735. The Kier molecular flexibility index (Phi) is 11.1. The van der Waals surface area contributed by atoms with Crippen molar-refractivity contribution >= 4 is 32.6 Å². The molecule has 2 atom stereocenters. The molecule has 246 valence electrons. The SMILES string of the molecule is CN[C@H]1CSSCc2c(-c3oc4cc(O)cc(O[C@H](CO)CCCO)c4c(=O)c3O)cc(CC(C)C)c(O)c2Cc2cccc1c2. The van der Waals surface area contributed by atoms with Crippen LogP contribution in [0.3, 0.4) is 0 Å². The van der Waals surface area contributed by atoms with Crippen LogP contribution in [0.25, 0.3) is 22.3 Å². The molecule has 6 N–H and O–H groups in total. The number of rotatable bonds is 10. The van der Waals surface area contributed by atoms with E-state index in [-0.39, 0.29) is 59.2 Å². The minimum Gasteiger partial charge on any atom is -0.508 e. The normalized spacial score (nSPS) is 15.8. The first-order valence-corrected chi connectivity index (χ1v) is 17.9. The van der Waals surface area contributed by atoms with Gasteiger partial charge in [0.15, 0.2) is 5.76 Å². The maximum absolute atomic E-state index is 13.9. The molecule has 0 saturated heterocycles. The lowest BCUT2D eigenvalue weighted by Crippen LogP contribution is -2.22. The molecule has 1 aromatic heterocycles. The molecule has 2 bridgehead atoms. The minimum absolute atomic E-state index is 0.00198. The first-order chi connectivity index (χ1) is 22.1. The average molecular weight is 668 g/mol. The molecule has 1 aliphatic heterocycles. The third kappa shape index (κ3) is 7.29. The van der Waals surface area contributed by atoms with Crippen molar-refractivity contribution in [3.05, 3.63) is 80.5 Å². The molecule has 11 heteroatoms. The Hall–Kier alpha value is -3.35. The standard InChI is InChI=1S/C35H41NO8S2/c1-19(2)10-22-13-26(27-17-45-46-18-28(36-3)21-7-4-6-20(11-21)12-25(27)32(22)40)35-34(42)33(41)31-29(14-23(39)15-30(31)44-35)43-24(16-38)8-5-9-37/h4,6-7,11,13-15,19,24,28,36-40,42H,5,8-10,12,16-18H2,1-3H3/t24-,28-/m0/s1. The van der Waals surface area contributed by atoms with Crippen molar-refractivity contribution in [1.29, 1.82) is 0 Å². The number of hydrogen-bond acceptors (Lipinski definition) is 11. The van der Waals surface area contributed by atoms with Crippen LogP contribution in [0.4, 0.5) is 0 Å². The summed E-state index contributed by atoms with van der Waals surface area (Å²) in [7, 11) is 5.25. The van der Waals surface area contributed by atoms with Crippen molar-refractivity contribution < 1.29 is 34.7 Å². The van der Waals surface area contributed by atoms with E-state index in [1.54, 1.807) is 27.7 Å². The molecular weight excluding hydrogens is 627 g/mol. The summed E-state index contributed by atoms with van der Waals surface area (Å²) in [4.78, 5) is 13.9. The van der Waals surface area contributed by atoms with E-state index in [0.29, 0.717) is 48.1 Å².